The minimum Gasteiger partial charge on any atom is -0.352 e. The van der Waals surface area contributed by atoms with Gasteiger partial charge in [-0.1, -0.05) is 30.3 Å². The Labute approximate surface area is 188 Å². The van der Waals surface area contributed by atoms with Crippen molar-refractivity contribution in [2.24, 2.45) is 5.92 Å². The number of amides is 5. The maximum Gasteiger partial charge on any atom is 0.321 e. The van der Waals surface area contributed by atoms with E-state index in [0.717, 1.165) is 18.4 Å². The molecule has 0 spiro atoms. The number of hydrogen-bond donors (Lipinski definition) is 4. The van der Waals surface area contributed by atoms with E-state index in [1.54, 1.807) is 29.2 Å². The fourth-order valence-corrected chi connectivity index (χ4v) is 3.57. The van der Waals surface area contributed by atoms with Crippen LogP contribution in [0.2, 0.25) is 0 Å². The van der Waals surface area contributed by atoms with Crippen LogP contribution in [0.5, 0.6) is 0 Å². The molecule has 2 aromatic rings. The first-order chi connectivity index (χ1) is 15.4. The number of carbonyl (C=O) groups excluding carboxylic acids is 3. The Balaban J connectivity index is 1.48. The monoisotopic (exact) mass is 437 g/mol. The molecule has 0 radical (unpaired) electrons. The van der Waals surface area contributed by atoms with Crippen molar-refractivity contribution in [3.05, 3.63) is 60.2 Å². The Morgan fingerprint density at radius 3 is 2.28 bits per heavy atom. The van der Waals surface area contributed by atoms with Gasteiger partial charge in [0.2, 0.25) is 5.91 Å². The Hall–Kier alpha value is -3.55. The summed E-state index contributed by atoms with van der Waals surface area (Å²) in [6.45, 7) is 5.26. The number of hydrogen-bond acceptors (Lipinski definition) is 3. The molecule has 1 saturated heterocycles. The van der Waals surface area contributed by atoms with Gasteiger partial charge in [-0.25, -0.2) is 9.59 Å². The van der Waals surface area contributed by atoms with Crippen LogP contribution in [0.4, 0.5) is 21.0 Å². The molecule has 32 heavy (non-hydrogen) atoms. The summed E-state index contributed by atoms with van der Waals surface area (Å²) < 4.78 is 0. The molecule has 0 unspecified atom stereocenters. The van der Waals surface area contributed by atoms with Gasteiger partial charge in [0.1, 0.15) is 0 Å². The van der Waals surface area contributed by atoms with Crippen LogP contribution in [0.15, 0.2) is 54.6 Å². The number of benzene rings is 2. The quantitative estimate of drug-likeness (QED) is 0.553. The summed E-state index contributed by atoms with van der Waals surface area (Å²) >= 11 is 0. The van der Waals surface area contributed by atoms with Gasteiger partial charge >= 0.3 is 12.1 Å². The third-order valence-corrected chi connectivity index (χ3v) is 5.20. The van der Waals surface area contributed by atoms with Crippen LogP contribution in [0.1, 0.15) is 32.3 Å². The smallest absolute Gasteiger partial charge is 0.321 e. The Morgan fingerprint density at radius 2 is 1.62 bits per heavy atom. The molecule has 0 aliphatic carbocycles. The zero-order chi connectivity index (χ0) is 22.9. The third kappa shape index (κ3) is 7.01. The van der Waals surface area contributed by atoms with Crippen molar-refractivity contribution in [1.82, 2.24) is 15.5 Å². The minimum absolute atomic E-state index is 0.0264. The second-order valence-electron chi connectivity index (χ2n) is 8.25. The van der Waals surface area contributed by atoms with Crippen molar-refractivity contribution in [2.75, 3.05) is 23.7 Å². The molecule has 2 aromatic carbocycles. The van der Waals surface area contributed by atoms with Crippen molar-refractivity contribution in [2.45, 2.75) is 39.3 Å². The number of urea groups is 2. The van der Waals surface area contributed by atoms with E-state index < -0.39 is 0 Å². The molecule has 1 aliphatic heterocycles. The van der Waals surface area contributed by atoms with Crippen molar-refractivity contribution in [3.63, 3.8) is 0 Å². The number of rotatable bonds is 6. The zero-order valence-electron chi connectivity index (χ0n) is 18.6. The van der Waals surface area contributed by atoms with Gasteiger partial charge in [-0.05, 0) is 56.5 Å². The van der Waals surface area contributed by atoms with E-state index in [-0.39, 0.29) is 29.9 Å². The van der Waals surface area contributed by atoms with Gasteiger partial charge in [0.25, 0.3) is 0 Å². The van der Waals surface area contributed by atoms with Gasteiger partial charge in [-0.3, -0.25) is 4.79 Å². The van der Waals surface area contributed by atoms with Gasteiger partial charge < -0.3 is 26.2 Å². The summed E-state index contributed by atoms with van der Waals surface area (Å²) in [6, 6.07) is 16.2. The standard InChI is InChI=1S/C24H31N5O3/c1-17(2)26-23(31)27-20-10-12-21(13-11-20)28-24(32)29-14-6-9-19(16-29)22(30)25-15-18-7-4-3-5-8-18/h3-5,7-8,10-13,17,19H,6,9,14-16H2,1-2H3,(H,25,30)(H,28,32)(H2,26,27,31)/t19-/m1/s1. The molecule has 8 heteroatoms. The molecule has 1 atom stereocenters. The molecule has 1 fully saturated rings. The lowest BCUT2D eigenvalue weighted by Gasteiger charge is -2.32. The predicted octanol–water partition coefficient (Wildman–Crippen LogP) is 3.78. The summed E-state index contributed by atoms with van der Waals surface area (Å²) in [7, 11) is 0. The van der Waals surface area contributed by atoms with E-state index in [1.165, 1.54) is 0 Å². The molecule has 4 N–H and O–H groups in total. The van der Waals surface area contributed by atoms with Gasteiger partial charge in [-0.15, -0.1) is 0 Å². The highest BCUT2D eigenvalue weighted by molar-refractivity contribution is 5.92. The fraction of sp³-hybridized carbons (Fsp3) is 0.375. The number of nitrogens with zero attached hydrogens (tertiary/aromatic N) is 1. The third-order valence-electron chi connectivity index (χ3n) is 5.20. The zero-order valence-corrected chi connectivity index (χ0v) is 18.6. The average molecular weight is 438 g/mol. The molecule has 0 saturated carbocycles. The van der Waals surface area contributed by atoms with E-state index in [0.29, 0.717) is 31.0 Å². The molecule has 3 rings (SSSR count). The van der Waals surface area contributed by atoms with Crippen LogP contribution in [0, 0.1) is 5.92 Å². The fourth-order valence-electron chi connectivity index (χ4n) is 3.57. The first kappa shape index (κ1) is 23.1. The average Bonchev–Trinajstić information content (AvgIpc) is 2.79. The van der Waals surface area contributed by atoms with Gasteiger partial charge in [0, 0.05) is 37.1 Å². The first-order valence-corrected chi connectivity index (χ1v) is 11.0. The SMILES string of the molecule is CC(C)NC(=O)Nc1ccc(NC(=O)N2CCC[C@@H](C(=O)NCc3ccccc3)C2)cc1. The lowest BCUT2D eigenvalue weighted by atomic mass is 9.97. The molecule has 1 aliphatic rings. The second kappa shape index (κ2) is 11.2. The molecule has 0 bridgehead atoms. The highest BCUT2D eigenvalue weighted by Crippen LogP contribution is 2.19. The number of likely N-dealkylation sites (tertiary alicyclic amines) is 1. The van der Waals surface area contributed by atoms with E-state index in [9.17, 15) is 14.4 Å². The maximum absolute atomic E-state index is 12.7. The van der Waals surface area contributed by atoms with Crippen LogP contribution in [0.3, 0.4) is 0 Å². The van der Waals surface area contributed by atoms with Crippen LogP contribution in [0.25, 0.3) is 0 Å². The lowest BCUT2D eigenvalue weighted by molar-refractivity contribution is -0.126. The Bertz CT molecular complexity index is 915. The summed E-state index contributed by atoms with van der Waals surface area (Å²) in [5, 5.41) is 11.3. The van der Waals surface area contributed by atoms with E-state index in [1.807, 2.05) is 44.2 Å². The second-order valence-corrected chi connectivity index (χ2v) is 8.25. The van der Waals surface area contributed by atoms with E-state index >= 15 is 0 Å². The lowest BCUT2D eigenvalue weighted by Crippen LogP contribution is -2.46. The van der Waals surface area contributed by atoms with Crippen molar-refractivity contribution < 1.29 is 14.4 Å². The maximum atomic E-state index is 12.7. The number of piperidine rings is 1. The molecule has 0 aromatic heterocycles. The topological polar surface area (TPSA) is 103 Å². The number of anilines is 2. The summed E-state index contributed by atoms with van der Waals surface area (Å²) in [4.78, 5) is 38.7. The van der Waals surface area contributed by atoms with E-state index in [4.69, 9.17) is 0 Å². The van der Waals surface area contributed by atoms with Crippen LogP contribution in [-0.4, -0.2) is 42.0 Å². The molecule has 170 valence electrons. The summed E-state index contributed by atoms with van der Waals surface area (Å²) in [5.74, 6) is -0.245. The van der Waals surface area contributed by atoms with Crippen LogP contribution < -0.4 is 21.3 Å². The summed E-state index contributed by atoms with van der Waals surface area (Å²) in [6.07, 6.45) is 1.55. The normalized spacial score (nSPS) is 15.7. The molecular weight excluding hydrogens is 406 g/mol. The van der Waals surface area contributed by atoms with Crippen molar-refractivity contribution in [3.8, 4) is 0 Å². The number of carbonyl (C=O) groups is 3. The highest BCUT2D eigenvalue weighted by Gasteiger charge is 2.28. The van der Waals surface area contributed by atoms with Crippen molar-refractivity contribution >= 4 is 29.3 Å². The molecule has 1 heterocycles. The van der Waals surface area contributed by atoms with Crippen LogP contribution >= 0.6 is 0 Å². The minimum atomic E-state index is -0.276. The molecule has 8 nitrogen and oxygen atoms in total. The van der Waals surface area contributed by atoms with Crippen LogP contribution in [-0.2, 0) is 11.3 Å². The predicted molar refractivity (Wildman–Crippen MR) is 125 cm³/mol. The largest absolute Gasteiger partial charge is 0.352 e. The summed E-state index contributed by atoms with van der Waals surface area (Å²) in [5.41, 5.74) is 2.31. The molecular formula is C24H31N5O3. The van der Waals surface area contributed by atoms with Gasteiger partial charge in [-0.2, -0.15) is 0 Å². The van der Waals surface area contributed by atoms with E-state index in [2.05, 4.69) is 21.3 Å². The van der Waals surface area contributed by atoms with Crippen molar-refractivity contribution in [1.29, 1.82) is 0 Å². The van der Waals surface area contributed by atoms with Gasteiger partial charge in [0.05, 0.1) is 5.92 Å². The van der Waals surface area contributed by atoms with Gasteiger partial charge in [0.15, 0.2) is 0 Å². The Morgan fingerprint density at radius 1 is 0.969 bits per heavy atom. The molecule has 5 amide bonds. The highest BCUT2D eigenvalue weighted by atomic mass is 16.2. The Kier molecular flexibility index (Phi) is 8.08. The number of nitrogens with one attached hydrogen (secondary N) is 4. The first-order valence-electron chi connectivity index (χ1n) is 11.0.